The van der Waals surface area contributed by atoms with Crippen LogP contribution in [0.15, 0.2) is 42.5 Å². The Morgan fingerprint density at radius 3 is 2.31 bits per heavy atom. The Morgan fingerprint density at radius 1 is 0.875 bits per heavy atom. The molecule has 0 aliphatic heterocycles. The van der Waals surface area contributed by atoms with Crippen LogP contribution in [0, 0.1) is 0 Å². The van der Waals surface area contributed by atoms with Crippen molar-refractivity contribution in [2.75, 3.05) is 0 Å². The quantitative estimate of drug-likeness (QED) is 0.416. The van der Waals surface area contributed by atoms with Crippen LogP contribution in [-0.2, 0) is 6.42 Å². The molecular weight excluding hydrogens is 192 g/mol. The molecular formula is C16H24. The van der Waals surface area contributed by atoms with Crippen molar-refractivity contribution >= 4 is 0 Å². The Hall–Kier alpha value is -1.04. The summed E-state index contributed by atoms with van der Waals surface area (Å²) in [5, 5.41) is 0. The molecule has 0 heterocycles. The standard InChI is InChI=1S/C16H24/c1-2-3-4-5-6-7-8-10-13-16-14-11-9-12-15-16/h2-3,9,11-12,14-15H,4-8,10,13H2,1H3/b3-2+. The van der Waals surface area contributed by atoms with Crippen LogP contribution in [0.25, 0.3) is 0 Å². The minimum Gasteiger partial charge on any atom is -0.0917 e. The number of allylic oxidation sites excluding steroid dienone is 2. The van der Waals surface area contributed by atoms with E-state index in [1.54, 1.807) is 0 Å². The molecule has 0 N–H and O–H groups in total. The highest BCUT2D eigenvalue weighted by Gasteiger charge is 1.92. The molecule has 0 amide bonds. The van der Waals surface area contributed by atoms with Crippen molar-refractivity contribution in [3.63, 3.8) is 0 Å². The summed E-state index contributed by atoms with van der Waals surface area (Å²) in [6.07, 6.45) is 13.8. The van der Waals surface area contributed by atoms with Crippen LogP contribution in [0.5, 0.6) is 0 Å². The van der Waals surface area contributed by atoms with Gasteiger partial charge in [-0.25, -0.2) is 0 Å². The molecule has 1 rings (SSSR count). The van der Waals surface area contributed by atoms with E-state index < -0.39 is 0 Å². The van der Waals surface area contributed by atoms with Crippen LogP contribution in [0.3, 0.4) is 0 Å². The Kier molecular flexibility index (Phi) is 7.49. The maximum absolute atomic E-state index is 2.27. The molecule has 0 saturated heterocycles. The molecule has 0 aliphatic carbocycles. The number of aryl methyl sites for hydroxylation is 1. The molecule has 0 unspecified atom stereocenters. The zero-order chi connectivity index (χ0) is 11.5. The fourth-order valence-corrected chi connectivity index (χ4v) is 1.93. The van der Waals surface area contributed by atoms with E-state index in [-0.39, 0.29) is 0 Å². The Labute approximate surface area is 100 Å². The van der Waals surface area contributed by atoms with E-state index >= 15 is 0 Å². The highest BCUT2D eigenvalue weighted by molar-refractivity contribution is 5.14. The van der Waals surface area contributed by atoms with Crippen LogP contribution < -0.4 is 0 Å². The van der Waals surface area contributed by atoms with Gasteiger partial charge in [0.25, 0.3) is 0 Å². The lowest BCUT2D eigenvalue weighted by atomic mass is 10.0. The van der Waals surface area contributed by atoms with Crippen molar-refractivity contribution in [3.05, 3.63) is 48.0 Å². The molecule has 16 heavy (non-hydrogen) atoms. The lowest BCUT2D eigenvalue weighted by Gasteiger charge is -2.01. The summed E-state index contributed by atoms with van der Waals surface area (Å²) < 4.78 is 0. The van der Waals surface area contributed by atoms with E-state index in [9.17, 15) is 0 Å². The summed E-state index contributed by atoms with van der Waals surface area (Å²) in [6.45, 7) is 2.10. The van der Waals surface area contributed by atoms with E-state index in [0.29, 0.717) is 0 Å². The molecule has 0 spiro atoms. The van der Waals surface area contributed by atoms with E-state index in [4.69, 9.17) is 0 Å². The largest absolute Gasteiger partial charge is 0.0917 e. The van der Waals surface area contributed by atoms with Gasteiger partial charge >= 0.3 is 0 Å². The van der Waals surface area contributed by atoms with Crippen LogP contribution in [0.4, 0.5) is 0 Å². The Balaban J connectivity index is 1.92. The van der Waals surface area contributed by atoms with E-state index in [1.165, 1.54) is 50.5 Å². The van der Waals surface area contributed by atoms with E-state index in [1.807, 2.05) is 0 Å². The second-order valence-corrected chi connectivity index (χ2v) is 4.36. The van der Waals surface area contributed by atoms with Crippen LogP contribution in [0.1, 0.15) is 51.0 Å². The Morgan fingerprint density at radius 2 is 1.56 bits per heavy atom. The second-order valence-electron chi connectivity index (χ2n) is 4.36. The molecule has 0 aliphatic rings. The number of rotatable bonds is 8. The highest BCUT2D eigenvalue weighted by Crippen LogP contribution is 2.09. The van der Waals surface area contributed by atoms with Crippen molar-refractivity contribution < 1.29 is 0 Å². The molecule has 0 bridgehead atoms. The third kappa shape index (κ3) is 6.44. The van der Waals surface area contributed by atoms with Gasteiger partial charge in [-0.05, 0) is 38.2 Å². The fraction of sp³-hybridized carbons (Fsp3) is 0.500. The smallest absolute Gasteiger partial charge is 0.0279 e. The summed E-state index contributed by atoms with van der Waals surface area (Å²) in [6, 6.07) is 10.8. The first-order valence-corrected chi connectivity index (χ1v) is 6.58. The number of hydrogen-bond acceptors (Lipinski definition) is 0. The first kappa shape index (κ1) is 13.0. The average molecular weight is 216 g/mol. The van der Waals surface area contributed by atoms with Crippen molar-refractivity contribution in [2.45, 2.75) is 51.9 Å². The van der Waals surface area contributed by atoms with Gasteiger partial charge in [0, 0.05) is 0 Å². The SMILES string of the molecule is C/C=C/CCCCCCCc1ccccc1. The minimum absolute atomic E-state index is 1.25. The van der Waals surface area contributed by atoms with Gasteiger partial charge in [0.2, 0.25) is 0 Å². The normalized spacial score (nSPS) is 11.1. The highest BCUT2D eigenvalue weighted by atomic mass is 14.0. The first-order valence-electron chi connectivity index (χ1n) is 6.58. The molecule has 88 valence electrons. The zero-order valence-corrected chi connectivity index (χ0v) is 10.5. The molecule has 1 aromatic rings. The topological polar surface area (TPSA) is 0 Å². The molecule has 0 heteroatoms. The predicted molar refractivity (Wildman–Crippen MR) is 72.7 cm³/mol. The number of hydrogen-bond donors (Lipinski definition) is 0. The van der Waals surface area contributed by atoms with Gasteiger partial charge in [-0.15, -0.1) is 0 Å². The molecule has 0 aromatic heterocycles. The molecule has 0 saturated carbocycles. The van der Waals surface area contributed by atoms with Crippen molar-refractivity contribution in [1.29, 1.82) is 0 Å². The van der Waals surface area contributed by atoms with Gasteiger partial charge in [0.15, 0.2) is 0 Å². The molecule has 0 radical (unpaired) electrons. The minimum atomic E-state index is 1.25. The summed E-state index contributed by atoms with van der Waals surface area (Å²) in [5.74, 6) is 0. The summed E-state index contributed by atoms with van der Waals surface area (Å²) in [5.41, 5.74) is 1.48. The van der Waals surface area contributed by atoms with Crippen LogP contribution in [0.2, 0.25) is 0 Å². The van der Waals surface area contributed by atoms with E-state index in [2.05, 4.69) is 49.4 Å². The van der Waals surface area contributed by atoms with Gasteiger partial charge < -0.3 is 0 Å². The van der Waals surface area contributed by atoms with Gasteiger partial charge in [-0.3, -0.25) is 0 Å². The maximum atomic E-state index is 2.27. The molecule has 0 fully saturated rings. The number of unbranched alkanes of at least 4 members (excludes halogenated alkanes) is 5. The lowest BCUT2D eigenvalue weighted by Crippen LogP contribution is -1.85. The third-order valence-electron chi connectivity index (χ3n) is 2.91. The maximum Gasteiger partial charge on any atom is -0.0279 e. The Bertz CT molecular complexity index is 271. The van der Waals surface area contributed by atoms with Crippen molar-refractivity contribution in [3.8, 4) is 0 Å². The summed E-state index contributed by atoms with van der Waals surface area (Å²) in [7, 11) is 0. The first-order chi connectivity index (χ1) is 7.93. The van der Waals surface area contributed by atoms with Gasteiger partial charge in [0.1, 0.15) is 0 Å². The van der Waals surface area contributed by atoms with Gasteiger partial charge in [-0.2, -0.15) is 0 Å². The van der Waals surface area contributed by atoms with Crippen molar-refractivity contribution in [2.24, 2.45) is 0 Å². The average Bonchev–Trinajstić information content (AvgIpc) is 2.34. The van der Waals surface area contributed by atoms with Gasteiger partial charge in [-0.1, -0.05) is 61.7 Å². The molecule has 0 nitrogen and oxygen atoms in total. The zero-order valence-electron chi connectivity index (χ0n) is 10.5. The van der Waals surface area contributed by atoms with Crippen LogP contribution in [-0.4, -0.2) is 0 Å². The monoisotopic (exact) mass is 216 g/mol. The number of benzene rings is 1. The summed E-state index contributed by atoms with van der Waals surface area (Å²) in [4.78, 5) is 0. The van der Waals surface area contributed by atoms with Crippen LogP contribution >= 0.6 is 0 Å². The molecule has 1 aromatic carbocycles. The summed E-state index contributed by atoms with van der Waals surface area (Å²) >= 11 is 0. The molecule has 0 atom stereocenters. The van der Waals surface area contributed by atoms with Crippen molar-refractivity contribution in [1.82, 2.24) is 0 Å². The fourth-order valence-electron chi connectivity index (χ4n) is 1.93. The predicted octanol–water partition coefficient (Wildman–Crippen LogP) is 5.15. The second kappa shape index (κ2) is 9.21. The van der Waals surface area contributed by atoms with E-state index in [0.717, 1.165) is 0 Å². The van der Waals surface area contributed by atoms with Gasteiger partial charge in [0.05, 0.1) is 0 Å². The third-order valence-corrected chi connectivity index (χ3v) is 2.91. The lowest BCUT2D eigenvalue weighted by molar-refractivity contribution is 0.617.